The molecule has 21 heavy (non-hydrogen) atoms. The molecule has 0 heterocycles. The summed E-state index contributed by atoms with van der Waals surface area (Å²) >= 11 is 2.09. The lowest BCUT2D eigenvalue weighted by molar-refractivity contribution is -0.385. The van der Waals surface area contributed by atoms with Gasteiger partial charge < -0.3 is 10.1 Å². The minimum Gasteiger partial charge on any atom is -0.490 e. The van der Waals surface area contributed by atoms with Crippen molar-refractivity contribution in [1.82, 2.24) is 0 Å². The van der Waals surface area contributed by atoms with Crippen LogP contribution >= 0.6 is 22.6 Å². The van der Waals surface area contributed by atoms with Crippen molar-refractivity contribution in [2.45, 2.75) is 0 Å². The second-order valence-electron chi connectivity index (χ2n) is 4.05. The van der Waals surface area contributed by atoms with Crippen LogP contribution in [0.25, 0.3) is 0 Å². The minimum atomic E-state index is -0.581. The Kier molecular flexibility index (Phi) is 4.73. The Morgan fingerprint density at radius 1 is 1.24 bits per heavy atom. The van der Waals surface area contributed by atoms with Crippen molar-refractivity contribution in [2.24, 2.45) is 0 Å². The molecule has 6 nitrogen and oxygen atoms in total. The van der Waals surface area contributed by atoms with Gasteiger partial charge in [-0.15, -0.1) is 0 Å². The van der Waals surface area contributed by atoms with E-state index in [1.54, 1.807) is 12.1 Å². The summed E-state index contributed by atoms with van der Waals surface area (Å²) in [4.78, 5) is 22.7. The molecule has 2 aromatic carbocycles. The monoisotopic (exact) mass is 398 g/mol. The lowest BCUT2D eigenvalue weighted by atomic mass is 10.1. The van der Waals surface area contributed by atoms with E-state index < -0.39 is 10.8 Å². The Labute approximate surface area is 134 Å². The third-order valence-electron chi connectivity index (χ3n) is 2.76. The molecule has 0 saturated carbocycles. The number of methoxy groups -OCH3 is 1. The number of nitrogens with zero attached hydrogens (tertiary/aromatic N) is 1. The number of carbonyl (C=O) groups is 1. The highest BCUT2D eigenvalue weighted by Gasteiger charge is 2.22. The van der Waals surface area contributed by atoms with Gasteiger partial charge >= 0.3 is 5.69 Å². The maximum absolute atomic E-state index is 12.3. The number of hydrogen-bond acceptors (Lipinski definition) is 4. The van der Waals surface area contributed by atoms with Gasteiger partial charge in [0.25, 0.3) is 5.91 Å². The first-order chi connectivity index (χ1) is 10.0. The standard InChI is InChI=1S/C14H11IN2O4/c1-21-13-9(5-4-8-12(13)17(19)20)14(18)16-11-7-3-2-6-10(11)15/h2-8H,1H3,(H,16,18). The molecule has 0 atom stereocenters. The Hall–Kier alpha value is -2.16. The largest absolute Gasteiger partial charge is 0.490 e. The summed E-state index contributed by atoms with van der Waals surface area (Å²) in [5.41, 5.74) is 0.510. The molecule has 1 amide bonds. The zero-order valence-corrected chi connectivity index (χ0v) is 13.2. The van der Waals surface area contributed by atoms with Gasteiger partial charge in [-0.25, -0.2) is 0 Å². The SMILES string of the molecule is COc1c(C(=O)Nc2ccccc2I)cccc1[N+](=O)[O-]. The number of hydrogen-bond donors (Lipinski definition) is 1. The van der Waals surface area contributed by atoms with Crippen LogP contribution in [0.2, 0.25) is 0 Å². The zero-order chi connectivity index (χ0) is 15.4. The lowest BCUT2D eigenvalue weighted by Gasteiger charge is -2.10. The van der Waals surface area contributed by atoms with Crippen molar-refractivity contribution in [3.63, 3.8) is 0 Å². The van der Waals surface area contributed by atoms with E-state index in [-0.39, 0.29) is 17.0 Å². The van der Waals surface area contributed by atoms with Gasteiger partial charge in [0.2, 0.25) is 5.75 Å². The summed E-state index contributed by atoms with van der Waals surface area (Å²) in [7, 11) is 1.30. The van der Waals surface area contributed by atoms with Crippen molar-refractivity contribution in [3.05, 3.63) is 61.7 Å². The molecule has 0 saturated heterocycles. The topological polar surface area (TPSA) is 81.5 Å². The Morgan fingerprint density at radius 3 is 2.57 bits per heavy atom. The van der Waals surface area contributed by atoms with Crippen LogP contribution in [0.1, 0.15) is 10.4 Å². The summed E-state index contributed by atoms with van der Waals surface area (Å²) < 4.78 is 5.89. The number of carbonyl (C=O) groups excluding carboxylic acids is 1. The van der Waals surface area contributed by atoms with Crippen LogP contribution in [0.3, 0.4) is 0 Å². The average Bonchev–Trinajstić information content (AvgIpc) is 2.48. The van der Waals surface area contributed by atoms with Crippen molar-refractivity contribution >= 4 is 39.9 Å². The molecular weight excluding hydrogens is 387 g/mol. The number of nitrogens with one attached hydrogen (secondary N) is 1. The fourth-order valence-electron chi connectivity index (χ4n) is 1.81. The molecule has 7 heteroatoms. The third kappa shape index (κ3) is 3.30. The highest BCUT2D eigenvalue weighted by molar-refractivity contribution is 14.1. The van der Waals surface area contributed by atoms with Gasteiger partial charge in [0.05, 0.1) is 23.3 Å². The van der Waals surface area contributed by atoms with Crippen LogP contribution < -0.4 is 10.1 Å². The highest BCUT2D eigenvalue weighted by atomic mass is 127. The fourth-order valence-corrected chi connectivity index (χ4v) is 2.34. The summed E-state index contributed by atoms with van der Waals surface area (Å²) in [5.74, 6) is -0.509. The molecule has 0 aliphatic rings. The molecule has 0 aliphatic carbocycles. The molecule has 2 rings (SSSR count). The molecule has 0 fully saturated rings. The van der Waals surface area contributed by atoms with E-state index in [1.807, 2.05) is 12.1 Å². The van der Waals surface area contributed by atoms with Crippen LogP contribution in [-0.2, 0) is 0 Å². The van der Waals surface area contributed by atoms with E-state index in [0.717, 1.165) is 3.57 Å². The normalized spacial score (nSPS) is 10.0. The molecule has 0 aromatic heterocycles. The van der Waals surface area contributed by atoms with Crippen LogP contribution in [0, 0.1) is 13.7 Å². The van der Waals surface area contributed by atoms with E-state index in [1.165, 1.54) is 25.3 Å². The maximum Gasteiger partial charge on any atom is 0.311 e. The van der Waals surface area contributed by atoms with Gasteiger partial charge in [-0.1, -0.05) is 18.2 Å². The second-order valence-corrected chi connectivity index (χ2v) is 5.21. The van der Waals surface area contributed by atoms with Crippen LogP contribution in [0.15, 0.2) is 42.5 Å². The predicted molar refractivity (Wildman–Crippen MR) is 86.8 cm³/mol. The van der Waals surface area contributed by atoms with Gasteiger partial charge in [0, 0.05) is 9.64 Å². The van der Waals surface area contributed by atoms with Crippen molar-refractivity contribution in [1.29, 1.82) is 0 Å². The highest BCUT2D eigenvalue weighted by Crippen LogP contribution is 2.31. The number of benzene rings is 2. The summed E-state index contributed by atoms with van der Waals surface area (Å²) in [5, 5.41) is 13.7. The minimum absolute atomic E-state index is 0.0501. The van der Waals surface area contributed by atoms with Crippen molar-refractivity contribution < 1.29 is 14.5 Å². The first kappa shape index (κ1) is 15.2. The van der Waals surface area contributed by atoms with Crippen LogP contribution in [-0.4, -0.2) is 17.9 Å². The Bertz CT molecular complexity index is 703. The first-order valence-corrected chi connectivity index (χ1v) is 6.99. The number of para-hydroxylation sites is 2. The second kappa shape index (κ2) is 6.53. The Balaban J connectivity index is 2.38. The number of halogens is 1. The predicted octanol–water partition coefficient (Wildman–Crippen LogP) is 3.46. The summed E-state index contributed by atoms with van der Waals surface area (Å²) in [6, 6.07) is 11.5. The average molecular weight is 398 g/mol. The van der Waals surface area contributed by atoms with Crippen LogP contribution in [0.5, 0.6) is 5.75 Å². The number of ether oxygens (including phenoxy) is 1. The molecule has 0 aliphatic heterocycles. The molecule has 0 radical (unpaired) electrons. The molecule has 108 valence electrons. The molecule has 0 spiro atoms. The fraction of sp³-hybridized carbons (Fsp3) is 0.0714. The van der Waals surface area contributed by atoms with E-state index in [4.69, 9.17) is 4.74 Å². The number of rotatable bonds is 4. The summed E-state index contributed by atoms with van der Waals surface area (Å²) in [6.07, 6.45) is 0. The Morgan fingerprint density at radius 2 is 1.95 bits per heavy atom. The quantitative estimate of drug-likeness (QED) is 0.486. The van der Waals surface area contributed by atoms with Gasteiger partial charge in [0.1, 0.15) is 0 Å². The lowest BCUT2D eigenvalue weighted by Crippen LogP contribution is -2.14. The number of nitro benzene ring substituents is 1. The molecule has 2 aromatic rings. The number of nitro groups is 1. The van der Waals surface area contributed by atoms with Crippen molar-refractivity contribution in [3.8, 4) is 5.75 Å². The molecule has 1 N–H and O–H groups in total. The van der Waals surface area contributed by atoms with Crippen molar-refractivity contribution in [2.75, 3.05) is 12.4 Å². The molecule has 0 unspecified atom stereocenters. The van der Waals surface area contributed by atoms with Gasteiger partial charge in [0.15, 0.2) is 0 Å². The molecule has 0 bridgehead atoms. The first-order valence-electron chi connectivity index (χ1n) is 5.92. The smallest absolute Gasteiger partial charge is 0.311 e. The number of amides is 1. The van der Waals surface area contributed by atoms with E-state index >= 15 is 0 Å². The van der Waals surface area contributed by atoms with E-state index in [2.05, 4.69) is 27.9 Å². The van der Waals surface area contributed by atoms with Crippen LogP contribution in [0.4, 0.5) is 11.4 Å². The van der Waals surface area contributed by atoms with E-state index in [9.17, 15) is 14.9 Å². The van der Waals surface area contributed by atoms with E-state index in [0.29, 0.717) is 5.69 Å². The van der Waals surface area contributed by atoms with Gasteiger partial charge in [-0.3, -0.25) is 14.9 Å². The zero-order valence-electron chi connectivity index (χ0n) is 11.0. The van der Waals surface area contributed by atoms with Gasteiger partial charge in [-0.05, 0) is 40.8 Å². The third-order valence-corrected chi connectivity index (χ3v) is 3.70. The maximum atomic E-state index is 12.3. The van der Waals surface area contributed by atoms with Gasteiger partial charge in [-0.2, -0.15) is 0 Å². The molecular formula is C14H11IN2O4. The number of anilines is 1. The summed E-state index contributed by atoms with van der Waals surface area (Å²) in [6.45, 7) is 0.